The molecular weight excluding hydrogens is 208 g/mol. The maximum atomic E-state index is 13.3. The van der Waals surface area contributed by atoms with Crippen molar-refractivity contribution in [2.24, 2.45) is 5.73 Å². The van der Waals surface area contributed by atoms with Gasteiger partial charge in [0.2, 0.25) is 0 Å². The molecule has 0 aliphatic heterocycles. The van der Waals surface area contributed by atoms with E-state index in [1.54, 1.807) is 18.2 Å². The molecule has 0 aromatic heterocycles. The van der Waals surface area contributed by atoms with Crippen molar-refractivity contribution in [3.05, 3.63) is 35.4 Å². The van der Waals surface area contributed by atoms with Gasteiger partial charge in [0.15, 0.2) is 0 Å². The van der Waals surface area contributed by atoms with Crippen molar-refractivity contribution in [3.8, 4) is 0 Å². The second-order valence-corrected chi connectivity index (χ2v) is 3.44. The molecule has 1 nitrogen and oxygen atoms in total. The van der Waals surface area contributed by atoms with Crippen molar-refractivity contribution < 1.29 is 8.78 Å². The summed E-state index contributed by atoms with van der Waals surface area (Å²) >= 11 is 0. The molecule has 1 aromatic rings. The lowest BCUT2D eigenvalue weighted by Crippen LogP contribution is -2.27. The summed E-state index contributed by atoms with van der Waals surface area (Å²) in [5.41, 5.74) is 6.44. The first-order chi connectivity index (χ1) is 6.11. The Morgan fingerprint density at radius 1 is 1.29 bits per heavy atom. The lowest BCUT2D eigenvalue weighted by Gasteiger charge is -2.29. The minimum absolute atomic E-state index is 0. The average Bonchev–Trinajstić information content (AvgIpc) is 2.13. The van der Waals surface area contributed by atoms with Crippen molar-refractivity contribution >= 4 is 12.4 Å². The van der Waals surface area contributed by atoms with Crippen LogP contribution in [0.2, 0.25) is 0 Å². The topological polar surface area (TPSA) is 26.0 Å². The van der Waals surface area contributed by atoms with Crippen LogP contribution in [0, 0.1) is 0 Å². The molecule has 0 fully saturated rings. The molecule has 1 atom stereocenters. The third-order valence-corrected chi connectivity index (χ3v) is 2.52. The van der Waals surface area contributed by atoms with Gasteiger partial charge in [-0.05, 0) is 12.0 Å². The molecule has 4 heteroatoms. The van der Waals surface area contributed by atoms with Crippen molar-refractivity contribution in [1.29, 1.82) is 0 Å². The first-order valence-electron chi connectivity index (χ1n) is 4.34. The highest BCUT2D eigenvalue weighted by Crippen LogP contribution is 2.42. The van der Waals surface area contributed by atoms with Crippen LogP contribution in [0.3, 0.4) is 0 Å². The SMILES string of the molecule is Cl.N[C@@H]1CCC(F)(F)c2ccccc21. The number of alkyl halides is 2. The average molecular weight is 220 g/mol. The summed E-state index contributed by atoms with van der Waals surface area (Å²) in [4.78, 5) is 0. The molecule has 0 heterocycles. The van der Waals surface area contributed by atoms with E-state index in [9.17, 15) is 8.78 Å². The van der Waals surface area contributed by atoms with Crippen LogP contribution < -0.4 is 5.73 Å². The zero-order chi connectivity index (χ0) is 9.47. The summed E-state index contributed by atoms with van der Waals surface area (Å²) in [6.07, 6.45) is 0.231. The molecule has 0 amide bonds. The molecule has 2 rings (SSSR count). The largest absolute Gasteiger partial charge is 0.324 e. The fourth-order valence-corrected chi connectivity index (χ4v) is 1.78. The number of rotatable bonds is 0. The second-order valence-electron chi connectivity index (χ2n) is 3.44. The van der Waals surface area contributed by atoms with E-state index in [1.807, 2.05) is 0 Å². The number of hydrogen-bond donors (Lipinski definition) is 1. The van der Waals surface area contributed by atoms with E-state index in [1.165, 1.54) is 6.07 Å². The maximum absolute atomic E-state index is 13.3. The van der Waals surface area contributed by atoms with E-state index in [2.05, 4.69) is 0 Å². The molecule has 1 aliphatic rings. The van der Waals surface area contributed by atoms with Crippen LogP contribution >= 0.6 is 12.4 Å². The zero-order valence-corrected chi connectivity index (χ0v) is 8.36. The van der Waals surface area contributed by atoms with Gasteiger partial charge in [-0.2, -0.15) is 0 Å². The quantitative estimate of drug-likeness (QED) is 0.713. The molecule has 0 spiro atoms. The van der Waals surface area contributed by atoms with Gasteiger partial charge in [0.05, 0.1) is 0 Å². The molecule has 1 aliphatic carbocycles. The fraction of sp³-hybridized carbons (Fsp3) is 0.400. The molecule has 2 N–H and O–H groups in total. The van der Waals surface area contributed by atoms with Gasteiger partial charge in [-0.25, -0.2) is 8.78 Å². The van der Waals surface area contributed by atoms with Crippen LogP contribution in [-0.4, -0.2) is 0 Å². The summed E-state index contributed by atoms with van der Waals surface area (Å²) in [6.45, 7) is 0. The molecule has 78 valence electrons. The summed E-state index contributed by atoms with van der Waals surface area (Å²) in [7, 11) is 0. The number of nitrogens with two attached hydrogens (primary N) is 1. The molecule has 0 saturated carbocycles. The van der Waals surface area contributed by atoms with Crippen LogP contribution in [0.4, 0.5) is 8.78 Å². The van der Waals surface area contributed by atoms with Crippen LogP contribution in [0.15, 0.2) is 24.3 Å². The summed E-state index contributed by atoms with van der Waals surface area (Å²) in [6, 6.07) is 6.31. The Morgan fingerprint density at radius 2 is 1.93 bits per heavy atom. The normalized spacial score (nSPS) is 23.5. The van der Waals surface area contributed by atoms with Gasteiger partial charge in [0, 0.05) is 18.0 Å². The highest BCUT2D eigenvalue weighted by Gasteiger charge is 2.38. The zero-order valence-electron chi connectivity index (χ0n) is 7.54. The van der Waals surface area contributed by atoms with Gasteiger partial charge in [0.1, 0.15) is 0 Å². The maximum Gasteiger partial charge on any atom is 0.273 e. The smallest absolute Gasteiger partial charge is 0.273 e. The van der Waals surface area contributed by atoms with Gasteiger partial charge in [0.25, 0.3) is 5.92 Å². The number of fused-ring (bicyclic) bond motifs is 1. The van der Waals surface area contributed by atoms with E-state index >= 15 is 0 Å². The summed E-state index contributed by atoms with van der Waals surface area (Å²) in [5.74, 6) is -2.69. The standard InChI is InChI=1S/C10H11F2N.ClH/c11-10(12)6-5-9(13)7-3-1-2-4-8(7)10;/h1-4,9H,5-6,13H2;1H/t9-;/m1./s1. The molecule has 0 bridgehead atoms. The number of hydrogen-bond acceptors (Lipinski definition) is 1. The van der Waals surface area contributed by atoms with Gasteiger partial charge < -0.3 is 5.73 Å². The van der Waals surface area contributed by atoms with E-state index < -0.39 is 5.92 Å². The van der Waals surface area contributed by atoms with Crippen LogP contribution in [-0.2, 0) is 5.92 Å². The lowest BCUT2D eigenvalue weighted by molar-refractivity contribution is -0.0250. The lowest BCUT2D eigenvalue weighted by atomic mass is 9.85. The minimum Gasteiger partial charge on any atom is -0.324 e. The minimum atomic E-state index is -2.69. The Bertz CT molecular complexity index is 328. The van der Waals surface area contributed by atoms with Crippen molar-refractivity contribution in [1.82, 2.24) is 0 Å². The molecule has 0 radical (unpaired) electrons. The monoisotopic (exact) mass is 219 g/mol. The number of benzene rings is 1. The van der Waals surface area contributed by atoms with E-state index in [0.29, 0.717) is 12.0 Å². The van der Waals surface area contributed by atoms with Gasteiger partial charge in [-0.1, -0.05) is 24.3 Å². The number of halogens is 3. The predicted molar refractivity (Wildman–Crippen MR) is 53.7 cm³/mol. The van der Waals surface area contributed by atoms with Crippen molar-refractivity contribution in [3.63, 3.8) is 0 Å². The van der Waals surface area contributed by atoms with E-state index in [0.717, 1.165) is 0 Å². The van der Waals surface area contributed by atoms with Crippen molar-refractivity contribution in [2.75, 3.05) is 0 Å². The van der Waals surface area contributed by atoms with Gasteiger partial charge in [-0.3, -0.25) is 0 Å². The highest BCUT2D eigenvalue weighted by molar-refractivity contribution is 5.85. The molecule has 1 aromatic carbocycles. The molecule has 0 unspecified atom stereocenters. The third-order valence-electron chi connectivity index (χ3n) is 2.52. The molecular formula is C10H12ClF2N. The van der Waals surface area contributed by atoms with Crippen LogP contribution in [0.1, 0.15) is 30.0 Å². The Morgan fingerprint density at radius 3 is 2.57 bits per heavy atom. The van der Waals surface area contributed by atoms with E-state index in [-0.39, 0.29) is 30.4 Å². The predicted octanol–water partition coefficient (Wildman–Crippen LogP) is 2.99. The van der Waals surface area contributed by atoms with Gasteiger partial charge >= 0.3 is 0 Å². The second kappa shape index (κ2) is 3.83. The first kappa shape index (κ1) is 11.4. The summed E-state index contributed by atoms with van der Waals surface area (Å²) < 4.78 is 26.6. The third kappa shape index (κ3) is 1.74. The highest BCUT2D eigenvalue weighted by atomic mass is 35.5. The molecule has 0 saturated heterocycles. The van der Waals surface area contributed by atoms with Gasteiger partial charge in [-0.15, -0.1) is 12.4 Å². The Labute approximate surface area is 87.7 Å². The Hall–Kier alpha value is -0.670. The first-order valence-corrected chi connectivity index (χ1v) is 4.34. The Balaban J connectivity index is 0.000000980. The van der Waals surface area contributed by atoms with Crippen LogP contribution in [0.25, 0.3) is 0 Å². The van der Waals surface area contributed by atoms with Crippen molar-refractivity contribution in [2.45, 2.75) is 24.8 Å². The summed E-state index contributed by atoms with van der Waals surface area (Å²) in [5, 5.41) is 0. The van der Waals surface area contributed by atoms with Crippen LogP contribution in [0.5, 0.6) is 0 Å². The fourth-order valence-electron chi connectivity index (χ4n) is 1.78. The Kier molecular flexibility index (Phi) is 3.12. The molecule has 14 heavy (non-hydrogen) atoms. The van der Waals surface area contributed by atoms with E-state index in [4.69, 9.17) is 5.73 Å².